The van der Waals surface area contributed by atoms with Crippen LogP contribution in [0.1, 0.15) is 37.5 Å². The standard InChI is InChI=1S/C14H16BrN3O.ClH/c15-11-5-1-3-9(7-11)13-17-14(19-18-13)10-4-2-6-12(16)8-10;/h1,3,5,7,10,12H,2,4,6,8,16H2;1H. The average Bonchev–Trinajstić information content (AvgIpc) is 2.88. The van der Waals surface area contributed by atoms with Crippen LogP contribution < -0.4 is 5.73 Å². The van der Waals surface area contributed by atoms with Gasteiger partial charge in [0.2, 0.25) is 11.7 Å². The number of hydrogen-bond donors (Lipinski definition) is 1. The topological polar surface area (TPSA) is 64.9 Å². The molecule has 1 fully saturated rings. The zero-order chi connectivity index (χ0) is 13.2. The highest BCUT2D eigenvalue weighted by Gasteiger charge is 2.25. The molecule has 2 N–H and O–H groups in total. The van der Waals surface area contributed by atoms with Gasteiger partial charge in [0.25, 0.3) is 0 Å². The third-order valence-electron chi connectivity index (χ3n) is 3.59. The predicted octanol–water partition coefficient (Wildman–Crippen LogP) is 3.91. The van der Waals surface area contributed by atoms with Crippen molar-refractivity contribution in [2.45, 2.75) is 37.6 Å². The molecule has 20 heavy (non-hydrogen) atoms. The molecule has 1 aromatic heterocycles. The number of nitrogens with two attached hydrogens (primary N) is 1. The van der Waals surface area contributed by atoms with Gasteiger partial charge in [0, 0.05) is 22.0 Å². The van der Waals surface area contributed by atoms with Gasteiger partial charge >= 0.3 is 0 Å². The quantitative estimate of drug-likeness (QED) is 0.884. The van der Waals surface area contributed by atoms with Crippen molar-refractivity contribution < 1.29 is 4.52 Å². The summed E-state index contributed by atoms with van der Waals surface area (Å²) in [6.07, 6.45) is 4.28. The first-order chi connectivity index (χ1) is 9.22. The van der Waals surface area contributed by atoms with E-state index in [9.17, 15) is 0 Å². The number of benzene rings is 1. The van der Waals surface area contributed by atoms with Crippen molar-refractivity contribution >= 4 is 28.3 Å². The summed E-state index contributed by atoms with van der Waals surface area (Å²) in [6, 6.07) is 8.17. The van der Waals surface area contributed by atoms with Crippen molar-refractivity contribution in [2.75, 3.05) is 0 Å². The highest BCUT2D eigenvalue weighted by molar-refractivity contribution is 9.10. The Morgan fingerprint density at radius 2 is 2.15 bits per heavy atom. The van der Waals surface area contributed by atoms with Gasteiger partial charge in [-0.2, -0.15) is 4.98 Å². The second-order valence-corrected chi connectivity index (χ2v) is 6.01. The second-order valence-electron chi connectivity index (χ2n) is 5.09. The molecule has 108 valence electrons. The van der Waals surface area contributed by atoms with Crippen LogP contribution in [0.15, 0.2) is 33.3 Å². The first-order valence-electron chi connectivity index (χ1n) is 6.57. The molecule has 2 aromatic rings. The summed E-state index contributed by atoms with van der Waals surface area (Å²) in [5.74, 6) is 1.69. The molecule has 3 rings (SSSR count). The first-order valence-corrected chi connectivity index (χ1v) is 7.37. The summed E-state index contributed by atoms with van der Waals surface area (Å²) in [4.78, 5) is 4.53. The molecular formula is C14H17BrClN3O. The lowest BCUT2D eigenvalue weighted by atomic mass is 9.86. The molecule has 1 saturated carbocycles. The van der Waals surface area contributed by atoms with Gasteiger partial charge in [-0.3, -0.25) is 0 Å². The van der Waals surface area contributed by atoms with Gasteiger partial charge < -0.3 is 10.3 Å². The van der Waals surface area contributed by atoms with E-state index in [1.807, 2.05) is 24.3 Å². The first kappa shape index (κ1) is 15.5. The predicted molar refractivity (Wildman–Crippen MR) is 83.9 cm³/mol. The molecule has 0 amide bonds. The lowest BCUT2D eigenvalue weighted by Crippen LogP contribution is -2.26. The van der Waals surface area contributed by atoms with Crippen LogP contribution in [-0.2, 0) is 0 Å². The fraction of sp³-hybridized carbons (Fsp3) is 0.429. The minimum absolute atomic E-state index is 0. The van der Waals surface area contributed by atoms with E-state index in [1.54, 1.807) is 0 Å². The van der Waals surface area contributed by atoms with E-state index >= 15 is 0 Å². The molecule has 0 radical (unpaired) electrons. The van der Waals surface area contributed by atoms with E-state index in [1.165, 1.54) is 0 Å². The van der Waals surface area contributed by atoms with E-state index in [0.29, 0.717) is 11.7 Å². The van der Waals surface area contributed by atoms with Gasteiger partial charge in [-0.25, -0.2) is 0 Å². The van der Waals surface area contributed by atoms with Gasteiger partial charge in [-0.05, 0) is 31.4 Å². The highest BCUT2D eigenvalue weighted by atomic mass is 79.9. The molecule has 0 aliphatic heterocycles. The van der Waals surface area contributed by atoms with E-state index < -0.39 is 0 Å². The molecule has 1 heterocycles. The second kappa shape index (κ2) is 6.70. The molecule has 1 aromatic carbocycles. The summed E-state index contributed by atoms with van der Waals surface area (Å²) in [5, 5.41) is 4.08. The van der Waals surface area contributed by atoms with Gasteiger partial charge in [0.15, 0.2) is 0 Å². The Morgan fingerprint density at radius 3 is 2.90 bits per heavy atom. The maximum Gasteiger partial charge on any atom is 0.230 e. The Morgan fingerprint density at radius 1 is 1.30 bits per heavy atom. The smallest absolute Gasteiger partial charge is 0.230 e. The number of halogens is 2. The van der Waals surface area contributed by atoms with Crippen LogP contribution in [-0.4, -0.2) is 16.2 Å². The van der Waals surface area contributed by atoms with E-state index in [-0.39, 0.29) is 18.4 Å². The van der Waals surface area contributed by atoms with Crippen LogP contribution in [0.4, 0.5) is 0 Å². The van der Waals surface area contributed by atoms with Crippen LogP contribution in [0.25, 0.3) is 11.4 Å². The molecule has 4 nitrogen and oxygen atoms in total. The molecule has 1 aliphatic carbocycles. The monoisotopic (exact) mass is 357 g/mol. The minimum Gasteiger partial charge on any atom is -0.339 e. The van der Waals surface area contributed by atoms with Gasteiger partial charge in [-0.1, -0.05) is 39.6 Å². The number of aromatic nitrogens is 2. The van der Waals surface area contributed by atoms with E-state index in [4.69, 9.17) is 10.3 Å². The zero-order valence-corrected chi connectivity index (χ0v) is 13.4. The van der Waals surface area contributed by atoms with Crippen LogP contribution in [0.2, 0.25) is 0 Å². The van der Waals surface area contributed by atoms with E-state index in [0.717, 1.165) is 41.6 Å². The van der Waals surface area contributed by atoms with Gasteiger partial charge in [0.1, 0.15) is 0 Å². The Hall–Kier alpha value is -0.910. The lowest BCUT2D eigenvalue weighted by Gasteiger charge is -2.23. The maximum absolute atomic E-state index is 6.00. The summed E-state index contributed by atoms with van der Waals surface area (Å²) in [7, 11) is 0. The third kappa shape index (κ3) is 3.40. The Labute approximate surface area is 132 Å². The van der Waals surface area contributed by atoms with Crippen molar-refractivity contribution in [1.82, 2.24) is 10.1 Å². The van der Waals surface area contributed by atoms with Gasteiger partial charge in [-0.15, -0.1) is 12.4 Å². The van der Waals surface area contributed by atoms with E-state index in [2.05, 4.69) is 26.1 Å². The molecule has 0 spiro atoms. The molecule has 2 unspecified atom stereocenters. The Balaban J connectivity index is 0.00000147. The summed E-state index contributed by atoms with van der Waals surface area (Å²) in [6.45, 7) is 0. The van der Waals surface area contributed by atoms with Crippen molar-refractivity contribution in [3.05, 3.63) is 34.6 Å². The average molecular weight is 359 g/mol. The fourth-order valence-corrected chi connectivity index (χ4v) is 3.00. The van der Waals surface area contributed by atoms with Crippen LogP contribution >= 0.6 is 28.3 Å². The van der Waals surface area contributed by atoms with Crippen LogP contribution in [0.5, 0.6) is 0 Å². The number of rotatable bonds is 2. The number of nitrogens with zero attached hydrogens (tertiary/aromatic N) is 2. The molecule has 0 saturated heterocycles. The minimum atomic E-state index is 0. The normalized spacial score (nSPS) is 22.3. The van der Waals surface area contributed by atoms with Crippen molar-refractivity contribution in [3.63, 3.8) is 0 Å². The number of hydrogen-bond acceptors (Lipinski definition) is 4. The van der Waals surface area contributed by atoms with Crippen LogP contribution in [0, 0.1) is 0 Å². The van der Waals surface area contributed by atoms with Gasteiger partial charge in [0.05, 0.1) is 0 Å². The van der Waals surface area contributed by atoms with Crippen molar-refractivity contribution in [3.8, 4) is 11.4 Å². The fourth-order valence-electron chi connectivity index (χ4n) is 2.60. The lowest BCUT2D eigenvalue weighted by molar-refractivity contribution is 0.299. The largest absolute Gasteiger partial charge is 0.339 e. The molecule has 1 aliphatic rings. The zero-order valence-electron chi connectivity index (χ0n) is 11.0. The summed E-state index contributed by atoms with van der Waals surface area (Å²) >= 11 is 3.45. The molecule has 2 atom stereocenters. The Kier molecular flexibility index (Phi) is 5.18. The summed E-state index contributed by atoms with van der Waals surface area (Å²) in [5.41, 5.74) is 6.97. The molecule has 0 bridgehead atoms. The molecule has 6 heteroatoms. The maximum atomic E-state index is 6.00. The van der Waals surface area contributed by atoms with Crippen molar-refractivity contribution in [1.29, 1.82) is 0 Å². The third-order valence-corrected chi connectivity index (χ3v) is 4.08. The SMILES string of the molecule is Cl.NC1CCCC(c2nc(-c3cccc(Br)c3)no2)C1. The van der Waals surface area contributed by atoms with Crippen LogP contribution in [0.3, 0.4) is 0 Å². The molecular weight excluding hydrogens is 342 g/mol. The summed E-state index contributed by atoms with van der Waals surface area (Å²) < 4.78 is 6.42. The highest BCUT2D eigenvalue weighted by Crippen LogP contribution is 2.32. The Bertz CT molecular complexity index is 575. The van der Waals surface area contributed by atoms with Crippen molar-refractivity contribution in [2.24, 2.45) is 5.73 Å².